The normalized spacial score (nSPS) is 12.2. The van der Waals surface area contributed by atoms with E-state index in [1.807, 2.05) is 32.8 Å². The molecule has 2 aromatic heterocycles. The molecule has 0 saturated heterocycles. The SMILES string of the molecule is Cc1ccc(NC(=O)c2ccc(CC(=N)C[C@H](C)CN(C)C)c(C(F)(F)F)c2)cc1Nc1nccc(-c2cncnc2)n1. The summed E-state index contributed by atoms with van der Waals surface area (Å²) in [6, 6.07) is 10.3. The predicted molar refractivity (Wildman–Crippen MR) is 161 cm³/mol. The van der Waals surface area contributed by atoms with Gasteiger partial charge >= 0.3 is 6.18 Å². The molecule has 0 aliphatic heterocycles. The lowest BCUT2D eigenvalue weighted by molar-refractivity contribution is -0.138. The van der Waals surface area contributed by atoms with Crippen LogP contribution in [0.4, 0.5) is 30.5 Å². The van der Waals surface area contributed by atoms with Crippen LogP contribution in [0.3, 0.4) is 0 Å². The summed E-state index contributed by atoms with van der Waals surface area (Å²) in [6.45, 7) is 4.55. The number of hydrogen-bond acceptors (Lipinski definition) is 8. The van der Waals surface area contributed by atoms with E-state index in [1.54, 1.807) is 42.9 Å². The van der Waals surface area contributed by atoms with Gasteiger partial charge in [-0.1, -0.05) is 19.1 Å². The van der Waals surface area contributed by atoms with Crippen LogP contribution in [-0.4, -0.2) is 57.1 Å². The third-order valence-electron chi connectivity index (χ3n) is 6.61. The van der Waals surface area contributed by atoms with E-state index in [0.29, 0.717) is 35.0 Å². The van der Waals surface area contributed by atoms with Crippen LogP contribution in [0.25, 0.3) is 11.3 Å². The number of rotatable bonds is 11. The molecular formula is C31H33F3N8O. The number of alkyl halides is 3. The molecule has 0 saturated carbocycles. The quantitative estimate of drug-likeness (QED) is 0.173. The summed E-state index contributed by atoms with van der Waals surface area (Å²) in [4.78, 5) is 31.8. The topological polar surface area (TPSA) is 120 Å². The Bertz CT molecular complexity index is 1590. The van der Waals surface area contributed by atoms with Gasteiger partial charge in [0.1, 0.15) is 6.33 Å². The summed E-state index contributed by atoms with van der Waals surface area (Å²) in [5.74, 6) is -0.256. The molecule has 3 N–H and O–H groups in total. The van der Waals surface area contributed by atoms with Crippen molar-refractivity contribution in [2.75, 3.05) is 31.3 Å². The van der Waals surface area contributed by atoms with Crippen molar-refractivity contribution in [1.29, 1.82) is 5.41 Å². The summed E-state index contributed by atoms with van der Waals surface area (Å²) in [5.41, 5.74) is 2.26. The smallest absolute Gasteiger partial charge is 0.324 e. The fraction of sp³-hybridized carbons (Fsp3) is 0.290. The van der Waals surface area contributed by atoms with E-state index in [2.05, 4.69) is 30.6 Å². The molecule has 12 heteroatoms. The minimum Gasteiger partial charge on any atom is -0.324 e. The predicted octanol–water partition coefficient (Wildman–Crippen LogP) is 6.41. The average Bonchev–Trinajstić information content (AvgIpc) is 2.94. The highest BCUT2D eigenvalue weighted by Gasteiger charge is 2.34. The number of halogens is 3. The van der Waals surface area contributed by atoms with E-state index in [-0.39, 0.29) is 29.2 Å². The van der Waals surface area contributed by atoms with Crippen LogP contribution in [0.1, 0.15) is 40.4 Å². The molecule has 1 amide bonds. The minimum atomic E-state index is -4.68. The van der Waals surface area contributed by atoms with Crippen LogP contribution < -0.4 is 10.6 Å². The lowest BCUT2D eigenvalue weighted by Gasteiger charge is -2.19. The molecule has 0 aliphatic rings. The zero-order valence-corrected chi connectivity index (χ0v) is 24.3. The first-order valence-electron chi connectivity index (χ1n) is 13.6. The molecule has 4 rings (SSSR count). The number of carbonyl (C=O) groups excluding carboxylic acids is 1. The molecule has 1 atom stereocenters. The molecule has 0 spiro atoms. The Kier molecular flexibility index (Phi) is 9.81. The van der Waals surface area contributed by atoms with Gasteiger partial charge in [0.15, 0.2) is 0 Å². The van der Waals surface area contributed by atoms with E-state index in [0.717, 1.165) is 18.2 Å². The fourth-order valence-corrected chi connectivity index (χ4v) is 4.72. The van der Waals surface area contributed by atoms with Gasteiger partial charge in [-0.2, -0.15) is 13.2 Å². The van der Waals surface area contributed by atoms with Gasteiger partial charge in [0.2, 0.25) is 5.95 Å². The van der Waals surface area contributed by atoms with Gasteiger partial charge in [0.25, 0.3) is 5.91 Å². The second kappa shape index (κ2) is 13.5. The van der Waals surface area contributed by atoms with Crippen LogP contribution in [0.5, 0.6) is 0 Å². The number of nitrogens with zero attached hydrogens (tertiary/aromatic N) is 5. The number of anilines is 3. The van der Waals surface area contributed by atoms with Gasteiger partial charge < -0.3 is 20.9 Å². The first kappa shape index (κ1) is 31.2. The number of nitrogens with one attached hydrogen (secondary N) is 3. The zero-order valence-electron chi connectivity index (χ0n) is 24.3. The maximum Gasteiger partial charge on any atom is 0.416 e. The monoisotopic (exact) mass is 590 g/mol. The fourth-order valence-electron chi connectivity index (χ4n) is 4.72. The molecule has 224 valence electrons. The largest absolute Gasteiger partial charge is 0.416 e. The Balaban J connectivity index is 1.50. The first-order chi connectivity index (χ1) is 20.4. The molecular weight excluding hydrogens is 557 g/mol. The van der Waals surface area contributed by atoms with E-state index in [1.165, 1.54) is 18.5 Å². The molecule has 0 unspecified atom stereocenters. The van der Waals surface area contributed by atoms with Crippen molar-refractivity contribution in [3.05, 3.63) is 89.6 Å². The van der Waals surface area contributed by atoms with Crippen LogP contribution in [0, 0.1) is 18.3 Å². The number of amides is 1. The van der Waals surface area contributed by atoms with E-state index < -0.39 is 17.6 Å². The molecule has 0 bridgehead atoms. The van der Waals surface area contributed by atoms with Gasteiger partial charge in [-0.05, 0) is 74.8 Å². The van der Waals surface area contributed by atoms with Gasteiger partial charge in [-0.15, -0.1) is 0 Å². The summed E-state index contributed by atoms with van der Waals surface area (Å²) in [6.07, 6.45) is 1.85. The molecule has 0 radical (unpaired) electrons. The van der Waals surface area contributed by atoms with Crippen molar-refractivity contribution < 1.29 is 18.0 Å². The first-order valence-corrected chi connectivity index (χ1v) is 13.6. The zero-order chi connectivity index (χ0) is 31.1. The number of aromatic nitrogens is 4. The summed E-state index contributed by atoms with van der Waals surface area (Å²) >= 11 is 0. The molecule has 4 aromatic rings. The van der Waals surface area contributed by atoms with Crippen molar-refractivity contribution in [3.8, 4) is 11.3 Å². The third-order valence-corrected chi connectivity index (χ3v) is 6.61. The Morgan fingerprint density at radius 1 is 1.07 bits per heavy atom. The molecule has 0 fully saturated rings. The lowest BCUT2D eigenvalue weighted by atomic mass is 9.94. The van der Waals surface area contributed by atoms with Gasteiger partial charge in [-0.3, -0.25) is 4.79 Å². The summed E-state index contributed by atoms with van der Waals surface area (Å²) in [5, 5.41) is 14.1. The maximum absolute atomic E-state index is 14.0. The Morgan fingerprint density at radius 3 is 2.51 bits per heavy atom. The number of aryl methyl sites for hydroxylation is 1. The maximum atomic E-state index is 14.0. The highest BCUT2D eigenvalue weighted by atomic mass is 19.4. The second-order valence-corrected chi connectivity index (χ2v) is 10.7. The molecule has 2 heterocycles. The highest BCUT2D eigenvalue weighted by molar-refractivity contribution is 6.04. The Morgan fingerprint density at radius 2 is 1.81 bits per heavy atom. The Labute approximate surface area is 248 Å². The summed E-state index contributed by atoms with van der Waals surface area (Å²) in [7, 11) is 3.82. The molecule has 43 heavy (non-hydrogen) atoms. The molecule has 2 aromatic carbocycles. The van der Waals surface area contributed by atoms with Crippen LogP contribution in [-0.2, 0) is 12.6 Å². The van der Waals surface area contributed by atoms with Gasteiger partial charge in [0, 0.05) is 59.8 Å². The van der Waals surface area contributed by atoms with Crippen molar-refractivity contribution in [2.24, 2.45) is 5.92 Å². The Hall–Kier alpha value is -4.71. The second-order valence-electron chi connectivity index (χ2n) is 10.7. The standard InChI is InChI=1S/C31H33F3N8O/c1-19(17-42(3)4)11-24(35)12-21-6-7-22(13-26(21)31(32,33)34)29(43)39-25-8-5-20(2)28(14-25)41-30-38-10-9-27(40-30)23-15-36-18-37-16-23/h5-10,13-16,18-19,35H,11-12,17H2,1-4H3,(H,39,43)(H,38,40,41)/t19-/m0/s1. The molecule has 0 aliphatic carbocycles. The third kappa shape index (κ3) is 8.65. The number of hydrogen-bond donors (Lipinski definition) is 3. The van der Waals surface area contributed by atoms with E-state index >= 15 is 0 Å². The van der Waals surface area contributed by atoms with Crippen LogP contribution >= 0.6 is 0 Å². The van der Waals surface area contributed by atoms with E-state index in [4.69, 9.17) is 5.41 Å². The van der Waals surface area contributed by atoms with Crippen molar-refractivity contribution in [2.45, 2.75) is 32.9 Å². The summed E-state index contributed by atoms with van der Waals surface area (Å²) < 4.78 is 42.0. The van der Waals surface area contributed by atoms with Crippen LogP contribution in [0.15, 0.2) is 67.4 Å². The number of benzene rings is 2. The highest BCUT2D eigenvalue weighted by Crippen LogP contribution is 2.34. The van der Waals surface area contributed by atoms with E-state index in [9.17, 15) is 18.0 Å². The van der Waals surface area contributed by atoms with Crippen molar-refractivity contribution in [1.82, 2.24) is 24.8 Å². The lowest BCUT2D eigenvalue weighted by Crippen LogP contribution is -2.22. The van der Waals surface area contributed by atoms with Gasteiger partial charge in [-0.25, -0.2) is 19.9 Å². The minimum absolute atomic E-state index is 0.0304. The average molecular weight is 591 g/mol. The van der Waals surface area contributed by atoms with Crippen molar-refractivity contribution >= 4 is 28.9 Å². The number of carbonyl (C=O) groups is 1. The van der Waals surface area contributed by atoms with Crippen molar-refractivity contribution in [3.63, 3.8) is 0 Å². The van der Waals surface area contributed by atoms with Gasteiger partial charge in [0.05, 0.1) is 11.3 Å². The van der Waals surface area contributed by atoms with Crippen LogP contribution in [0.2, 0.25) is 0 Å². The molecule has 9 nitrogen and oxygen atoms in total.